The fourth-order valence-electron chi connectivity index (χ4n) is 2.04. The molecule has 0 saturated carbocycles. The molecule has 0 heterocycles. The van der Waals surface area contributed by atoms with Gasteiger partial charge in [0.1, 0.15) is 5.75 Å². The van der Waals surface area contributed by atoms with Gasteiger partial charge in [-0.15, -0.1) is 0 Å². The first-order valence-electron chi connectivity index (χ1n) is 6.82. The quantitative estimate of drug-likeness (QED) is 0.800. The van der Waals surface area contributed by atoms with E-state index in [0.29, 0.717) is 17.6 Å². The van der Waals surface area contributed by atoms with Gasteiger partial charge in [-0.1, -0.05) is 46.3 Å². The van der Waals surface area contributed by atoms with Gasteiger partial charge in [0.2, 0.25) is 0 Å². The number of nitrogens with one attached hydrogen (secondary N) is 1. The maximum absolute atomic E-state index is 12.0. The van der Waals surface area contributed by atoms with E-state index >= 15 is 0 Å². The number of ether oxygens (including phenoxy) is 1. The van der Waals surface area contributed by atoms with Crippen molar-refractivity contribution < 1.29 is 14.3 Å². The lowest BCUT2D eigenvalue weighted by atomic mass is 10.1. The maximum Gasteiger partial charge on any atom is 0.258 e. The van der Waals surface area contributed by atoms with Crippen LogP contribution >= 0.6 is 15.9 Å². The largest absolute Gasteiger partial charge is 0.483 e. The third-order valence-electron chi connectivity index (χ3n) is 3.15. The second kappa shape index (κ2) is 7.75. The van der Waals surface area contributed by atoms with Crippen molar-refractivity contribution in [2.45, 2.75) is 13.0 Å². The molecule has 2 rings (SSSR count). The zero-order chi connectivity index (χ0) is 15.9. The van der Waals surface area contributed by atoms with Crippen molar-refractivity contribution in [3.8, 4) is 5.75 Å². The number of para-hydroxylation sites is 1. The first kappa shape index (κ1) is 16.2. The van der Waals surface area contributed by atoms with E-state index in [-0.39, 0.29) is 18.6 Å². The van der Waals surface area contributed by atoms with E-state index in [4.69, 9.17) is 4.74 Å². The summed E-state index contributed by atoms with van der Waals surface area (Å²) >= 11 is 3.46. The molecule has 0 unspecified atom stereocenters. The van der Waals surface area contributed by atoms with Gasteiger partial charge in [0, 0.05) is 4.47 Å². The van der Waals surface area contributed by atoms with Crippen LogP contribution in [0.2, 0.25) is 0 Å². The van der Waals surface area contributed by atoms with Gasteiger partial charge in [-0.05, 0) is 30.7 Å². The van der Waals surface area contributed by atoms with E-state index in [1.54, 1.807) is 24.3 Å². The van der Waals surface area contributed by atoms with Crippen molar-refractivity contribution in [3.05, 3.63) is 64.1 Å². The standard InChI is InChI=1S/C17H16BrNO3/c1-12(14-7-3-4-8-15(14)18)19-17(21)11-22-16-9-5-2-6-13(16)10-20/h2-10,12H,11H2,1H3,(H,19,21)/t12-/m1/s1. The molecule has 5 heteroatoms. The third kappa shape index (κ3) is 4.18. The van der Waals surface area contributed by atoms with Crippen LogP contribution in [0.25, 0.3) is 0 Å². The van der Waals surface area contributed by atoms with Crippen molar-refractivity contribution in [1.29, 1.82) is 0 Å². The van der Waals surface area contributed by atoms with Crippen molar-refractivity contribution in [1.82, 2.24) is 5.32 Å². The number of rotatable bonds is 6. The zero-order valence-corrected chi connectivity index (χ0v) is 13.7. The van der Waals surface area contributed by atoms with E-state index in [9.17, 15) is 9.59 Å². The van der Waals surface area contributed by atoms with E-state index in [0.717, 1.165) is 10.0 Å². The minimum atomic E-state index is -0.246. The first-order chi connectivity index (χ1) is 10.6. The van der Waals surface area contributed by atoms with Gasteiger partial charge in [-0.3, -0.25) is 9.59 Å². The number of benzene rings is 2. The van der Waals surface area contributed by atoms with Crippen LogP contribution in [0.15, 0.2) is 53.0 Å². The highest BCUT2D eigenvalue weighted by molar-refractivity contribution is 9.10. The molecule has 114 valence electrons. The van der Waals surface area contributed by atoms with Crippen molar-refractivity contribution in [3.63, 3.8) is 0 Å². The fraction of sp³-hybridized carbons (Fsp3) is 0.176. The number of hydrogen-bond acceptors (Lipinski definition) is 3. The number of carbonyl (C=O) groups excluding carboxylic acids is 2. The Bertz CT molecular complexity index is 672. The monoisotopic (exact) mass is 361 g/mol. The van der Waals surface area contributed by atoms with Gasteiger partial charge in [0.15, 0.2) is 12.9 Å². The van der Waals surface area contributed by atoms with E-state index in [2.05, 4.69) is 21.2 Å². The Labute approximate surface area is 137 Å². The zero-order valence-electron chi connectivity index (χ0n) is 12.1. The molecular formula is C17H16BrNO3. The number of hydrogen-bond donors (Lipinski definition) is 1. The van der Waals surface area contributed by atoms with Crippen LogP contribution in [0.4, 0.5) is 0 Å². The van der Waals surface area contributed by atoms with Gasteiger partial charge in [-0.2, -0.15) is 0 Å². The highest BCUT2D eigenvalue weighted by Crippen LogP contribution is 2.22. The molecule has 2 aromatic carbocycles. The Morgan fingerprint density at radius 2 is 1.91 bits per heavy atom. The van der Waals surface area contributed by atoms with Crippen molar-refractivity contribution >= 4 is 28.1 Å². The van der Waals surface area contributed by atoms with Gasteiger partial charge < -0.3 is 10.1 Å². The molecule has 0 aliphatic rings. The Hall–Kier alpha value is -2.14. The van der Waals surface area contributed by atoms with Gasteiger partial charge in [0.05, 0.1) is 11.6 Å². The predicted molar refractivity (Wildman–Crippen MR) is 88.0 cm³/mol. The molecule has 0 fully saturated rings. The maximum atomic E-state index is 12.0. The van der Waals surface area contributed by atoms with Crippen LogP contribution in [-0.4, -0.2) is 18.8 Å². The molecule has 0 aliphatic carbocycles. The lowest BCUT2D eigenvalue weighted by molar-refractivity contribution is -0.123. The topological polar surface area (TPSA) is 55.4 Å². The SMILES string of the molecule is C[C@@H](NC(=O)COc1ccccc1C=O)c1ccccc1Br. The molecule has 1 N–H and O–H groups in total. The van der Waals surface area contributed by atoms with Crippen LogP contribution < -0.4 is 10.1 Å². The average Bonchev–Trinajstić information content (AvgIpc) is 2.53. The lowest BCUT2D eigenvalue weighted by Crippen LogP contribution is -2.31. The van der Waals surface area contributed by atoms with Crippen molar-refractivity contribution in [2.75, 3.05) is 6.61 Å². The van der Waals surface area contributed by atoms with Crippen molar-refractivity contribution in [2.24, 2.45) is 0 Å². The number of carbonyl (C=O) groups is 2. The van der Waals surface area contributed by atoms with Gasteiger partial charge >= 0.3 is 0 Å². The van der Waals surface area contributed by atoms with Gasteiger partial charge in [-0.25, -0.2) is 0 Å². The third-order valence-corrected chi connectivity index (χ3v) is 3.88. The Morgan fingerprint density at radius 3 is 2.64 bits per heavy atom. The van der Waals surface area contributed by atoms with Crippen LogP contribution in [0, 0.1) is 0 Å². The predicted octanol–water partition coefficient (Wildman–Crippen LogP) is 3.52. The highest BCUT2D eigenvalue weighted by atomic mass is 79.9. The molecule has 1 atom stereocenters. The first-order valence-corrected chi connectivity index (χ1v) is 7.62. The molecule has 0 aliphatic heterocycles. The summed E-state index contributed by atoms with van der Waals surface area (Å²) in [6.45, 7) is 1.76. The number of aldehydes is 1. The summed E-state index contributed by atoms with van der Waals surface area (Å²) in [6, 6.07) is 14.4. The molecule has 22 heavy (non-hydrogen) atoms. The second-order valence-electron chi connectivity index (χ2n) is 4.76. The Morgan fingerprint density at radius 1 is 1.23 bits per heavy atom. The van der Waals surface area contributed by atoms with Crippen LogP contribution in [0.1, 0.15) is 28.9 Å². The minimum Gasteiger partial charge on any atom is -0.483 e. The molecule has 0 spiro atoms. The molecular weight excluding hydrogens is 346 g/mol. The van der Waals surface area contributed by atoms with E-state index < -0.39 is 0 Å². The molecule has 0 saturated heterocycles. The Kier molecular flexibility index (Phi) is 5.72. The normalized spacial score (nSPS) is 11.5. The van der Waals surface area contributed by atoms with Gasteiger partial charge in [0.25, 0.3) is 5.91 Å². The van der Waals surface area contributed by atoms with E-state index in [1.165, 1.54) is 0 Å². The summed E-state index contributed by atoms with van der Waals surface area (Å²) in [7, 11) is 0. The number of amides is 1. The van der Waals surface area contributed by atoms with Crippen LogP contribution in [0.3, 0.4) is 0 Å². The summed E-state index contributed by atoms with van der Waals surface area (Å²) < 4.78 is 6.34. The molecule has 0 bridgehead atoms. The summed E-state index contributed by atoms with van der Waals surface area (Å²) in [5, 5.41) is 2.86. The summed E-state index contributed by atoms with van der Waals surface area (Å²) in [6.07, 6.45) is 0.705. The highest BCUT2D eigenvalue weighted by Gasteiger charge is 2.13. The number of halogens is 1. The molecule has 4 nitrogen and oxygen atoms in total. The average molecular weight is 362 g/mol. The molecule has 0 radical (unpaired) electrons. The minimum absolute atomic E-state index is 0.139. The lowest BCUT2D eigenvalue weighted by Gasteiger charge is -2.16. The van der Waals surface area contributed by atoms with Crippen LogP contribution in [0.5, 0.6) is 5.75 Å². The summed E-state index contributed by atoms with van der Waals surface area (Å²) in [4.78, 5) is 22.9. The van der Waals surface area contributed by atoms with E-state index in [1.807, 2.05) is 31.2 Å². The molecule has 2 aromatic rings. The second-order valence-corrected chi connectivity index (χ2v) is 5.61. The summed E-state index contributed by atoms with van der Waals surface area (Å²) in [5.74, 6) is 0.158. The molecule has 1 amide bonds. The van der Waals surface area contributed by atoms with Crippen LogP contribution in [-0.2, 0) is 4.79 Å². The fourth-order valence-corrected chi connectivity index (χ4v) is 2.67. The smallest absolute Gasteiger partial charge is 0.258 e. The summed E-state index contributed by atoms with van der Waals surface area (Å²) in [5.41, 5.74) is 1.42. The molecule has 0 aromatic heterocycles. The Balaban J connectivity index is 1.93.